The third-order valence-electron chi connectivity index (χ3n) is 3.43. The second kappa shape index (κ2) is 6.93. The maximum Gasteiger partial charge on any atom is 0.163 e. The van der Waals surface area contributed by atoms with E-state index in [0.29, 0.717) is 23.5 Å². The van der Waals surface area contributed by atoms with Crippen molar-refractivity contribution in [1.29, 1.82) is 0 Å². The lowest BCUT2D eigenvalue weighted by Crippen LogP contribution is -2.02. The lowest BCUT2D eigenvalue weighted by atomic mass is 10.0. The molecule has 0 saturated heterocycles. The van der Waals surface area contributed by atoms with Gasteiger partial charge in [0.25, 0.3) is 0 Å². The van der Waals surface area contributed by atoms with Gasteiger partial charge in [0.15, 0.2) is 5.78 Å². The van der Waals surface area contributed by atoms with E-state index in [0.717, 1.165) is 6.42 Å². The number of carbonyl (C=O) groups excluding carboxylic acids is 1. The first-order chi connectivity index (χ1) is 10.1. The zero-order valence-corrected chi connectivity index (χ0v) is 12.7. The van der Waals surface area contributed by atoms with Crippen LogP contribution in [-0.4, -0.2) is 20.0 Å². The van der Waals surface area contributed by atoms with Crippen LogP contribution in [0.4, 0.5) is 0 Å². The van der Waals surface area contributed by atoms with E-state index in [1.165, 1.54) is 11.1 Å². The second-order valence-corrected chi connectivity index (χ2v) is 5.01. The summed E-state index contributed by atoms with van der Waals surface area (Å²) in [5, 5.41) is 0. The summed E-state index contributed by atoms with van der Waals surface area (Å²) in [6, 6.07) is 13.5. The molecule has 2 aromatic carbocycles. The van der Waals surface area contributed by atoms with Crippen LogP contribution in [0.2, 0.25) is 0 Å². The van der Waals surface area contributed by atoms with Crippen LogP contribution < -0.4 is 9.47 Å². The fraction of sp³-hybridized carbons (Fsp3) is 0.278. The predicted molar refractivity (Wildman–Crippen MR) is 83.4 cm³/mol. The lowest BCUT2D eigenvalue weighted by molar-refractivity contribution is 0.0982. The number of carbonyl (C=O) groups is 1. The average Bonchev–Trinajstić information content (AvgIpc) is 2.53. The monoisotopic (exact) mass is 284 g/mol. The van der Waals surface area contributed by atoms with Crippen molar-refractivity contribution < 1.29 is 14.3 Å². The van der Waals surface area contributed by atoms with Crippen LogP contribution in [0.15, 0.2) is 42.5 Å². The van der Waals surface area contributed by atoms with Crippen molar-refractivity contribution in [2.75, 3.05) is 14.2 Å². The van der Waals surface area contributed by atoms with Crippen LogP contribution in [0.25, 0.3) is 0 Å². The van der Waals surface area contributed by atoms with Crippen molar-refractivity contribution in [2.45, 2.75) is 19.8 Å². The molecule has 0 atom stereocenters. The molecule has 0 aliphatic heterocycles. The van der Waals surface area contributed by atoms with Gasteiger partial charge in [0.2, 0.25) is 0 Å². The van der Waals surface area contributed by atoms with Gasteiger partial charge < -0.3 is 9.47 Å². The van der Waals surface area contributed by atoms with Crippen LogP contribution in [0, 0.1) is 6.92 Å². The Bertz CT molecular complexity index is 593. The summed E-state index contributed by atoms with van der Waals surface area (Å²) in [5.41, 5.74) is 3.02. The Kier molecular flexibility index (Phi) is 4.99. The maximum absolute atomic E-state index is 12.3. The smallest absolute Gasteiger partial charge is 0.163 e. The van der Waals surface area contributed by atoms with Crippen LogP contribution in [0.5, 0.6) is 11.5 Å². The first-order valence-electron chi connectivity index (χ1n) is 6.94. The van der Waals surface area contributed by atoms with Gasteiger partial charge in [-0.05, 0) is 31.0 Å². The van der Waals surface area contributed by atoms with Gasteiger partial charge in [0, 0.05) is 18.1 Å². The number of Topliss-reactive ketones (excluding diaryl/α,β-unsaturated/α-hetero) is 1. The van der Waals surface area contributed by atoms with Crippen molar-refractivity contribution >= 4 is 5.78 Å². The molecule has 0 aliphatic carbocycles. The summed E-state index contributed by atoms with van der Waals surface area (Å²) in [7, 11) is 3.16. The minimum atomic E-state index is 0.0905. The van der Waals surface area contributed by atoms with Gasteiger partial charge in [0.05, 0.1) is 14.2 Å². The molecule has 0 N–H and O–H groups in total. The topological polar surface area (TPSA) is 35.5 Å². The molecular formula is C18H20O3. The zero-order chi connectivity index (χ0) is 15.2. The summed E-state index contributed by atoms with van der Waals surface area (Å²) in [6.07, 6.45) is 1.21. The van der Waals surface area contributed by atoms with Gasteiger partial charge in [-0.25, -0.2) is 0 Å². The second-order valence-electron chi connectivity index (χ2n) is 5.01. The largest absolute Gasteiger partial charge is 0.497 e. The number of aryl methyl sites for hydroxylation is 2. The van der Waals surface area contributed by atoms with E-state index in [-0.39, 0.29) is 5.78 Å². The van der Waals surface area contributed by atoms with Gasteiger partial charge in [-0.3, -0.25) is 4.79 Å². The minimum absolute atomic E-state index is 0.0905. The highest BCUT2D eigenvalue weighted by molar-refractivity contribution is 5.97. The Balaban J connectivity index is 2.07. The van der Waals surface area contributed by atoms with E-state index in [1.54, 1.807) is 32.4 Å². The lowest BCUT2D eigenvalue weighted by Gasteiger charge is -2.08. The van der Waals surface area contributed by atoms with Gasteiger partial charge in [0.1, 0.15) is 11.5 Å². The highest BCUT2D eigenvalue weighted by atomic mass is 16.5. The first kappa shape index (κ1) is 15.1. The molecule has 0 aliphatic rings. The molecule has 0 radical (unpaired) electrons. The Morgan fingerprint density at radius 1 is 0.952 bits per heavy atom. The first-order valence-corrected chi connectivity index (χ1v) is 6.94. The summed E-state index contributed by atoms with van der Waals surface area (Å²) in [6.45, 7) is 2.05. The van der Waals surface area contributed by atoms with E-state index in [1.807, 2.05) is 0 Å². The van der Waals surface area contributed by atoms with Crippen molar-refractivity contribution in [3.05, 3.63) is 59.2 Å². The highest BCUT2D eigenvalue weighted by Gasteiger charge is 2.10. The molecule has 2 rings (SSSR count). The van der Waals surface area contributed by atoms with Crippen LogP contribution in [0.3, 0.4) is 0 Å². The standard InChI is InChI=1S/C18H20O3/c1-13-4-6-14(7-5-13)8-9-18(19)15-10-16(20-2)12-17(11-15)21-3/h4-7,10-12H,8-9H2,1-3H3. The zero-order valence-electron chi connectivity index (χ0n) is 12.7. The van der Waals surface area contributed by atoms with Gasteiger partial charge in [-0.15, -0.1) is 0 Å². The Morgan fingerprint density at radius 3 is 2.05 bits per heavy atom. The summed E-state index contributed by atoms with van der Waals surface area (Å²) < 4.78 is 10.4. The molecule has 0 fully saturated rings. The fourth-order valence-electron chi connectivity index (χ4n) is 2.13. The van der Waals surface area contributed by atoms with E-state index < -0.39 is 0 Å². The van der Waals surface area contributed by atoms with Crippen molar-refractivity contribution in [1.82, 2.24) is 0 Å². The molecule has 3 heteroatoms. The number of ether oxygens (including phenoxy) is 2. The molecule has 0 spiro atoms. The summed E-state index contributed by atoms with van der Waals surface area (Å²) >= 11 is 0. The molecule has 0 aromatic heterocycles. The van der Waals surface area contributed by atoms with Gasteiger partial charge >= 0.3 is 0 Å². The molecule has 0 bridgehead atoms. The van der Waals surface area contributed by atoms with Crippen LogP contribution in [0.1, 0.15) is 27.9 Å². The van der Waals surface area contributed by atoms with E-state index in [2.05, 4.69) is 31.2 Å². The highest BCUT2D eigenvalue weighted by Crippen LogP contribution is 2.23. The number of methoxy groups -OCH3 is 2. The van der Waals surface area contributed by atoms with Crippen molar-refractivity contribution in [3.63, 3.8) is 0 Å². The molecule has 0 saturated carbocycles. The van der Waals surface area contributed by atoms with Gasteiger partial charge in [-0.2, -0.15) is 0 Å². The predicted octanol–water partition coefficient (Wildman–Crippen LogP) is 3.83. The van der Waals surface area contributed by atoms with E-state index >= 15 is 0 Å². The Labute approximate surface area is 125 Å². The van der Waals surface area contributed by atoms with E-state index in [4.69, 9.17) is 9.47 Å². The molecule has 110 valence electrons. The third kappa shape index (κ3) is 4.09. The van der Waals surface area contributed by atoms with Gasteiger partial charge in [-0.1, -0.05) is 29.8 Å². The SMILES string of the molecule is COc1cc(OC)cc(C(=O)CCc2ccc(C)cc2)c1. The van der Waals surface area contributed by atoms with Crippen molar-refractivity contribution in [3.8, 4) is 11.5 Å². The molecule has 0 heterocycles. The molecule has 0 amide bonds. The number of benzene rings is 2. The Morgan fingerprint density at radius 2 is 1.52 bits per heavy atom. The number of rotatable bonds is 6. The molecule has 21 heavy (non-hydrogen) atoms. The molecule has 2 aromatic rings. The average molecular weight is 284 g/mol. The maximum atomic E-state index is 12.3. The fourth-order valence-corrected chi connectivity index (χ4v) is 2.13. The van der Waals surface area contributed by atoms with E-state index in [9.17, 15) is 4.79 Å². The van der Waals surface area contributed by atoms with Crippen molar-refractivity contribution in [2.24, 2.45) is 0 Å². The van der Waals surface area contributed by atoms with Crippen LogP contribution in [-0.2, 0) is 6.42 Å². The molecular weight excluding hydrogens is 264 g/mol. The molecule has 0 unspecified atom stereocenters. The summed E-state index contributed by atoms with van der Waals surface area (Å²) in [4.78, 5) is 12.3. The molecule has 3 nitrogen and oxygen atoms in total. The quantitative estimate of drug-likeness (QED) is 0.756. The number of ketones is 1. The number of hydrogen-bond acceptors (Lipinski definition) is 3. The summed E-state index contributed by atoms with van der Waals surface area (Å²) in [5.74, 6) is 1.36. The minimum Gasteiger partial charge on any atom is -0.497 e. The number of hydrogen-bond donors (Lipinski definition) is 0. The normalized spacial score (nSPS) is 10.2. The Hall–Kier alpha value is -2.29. The van der Waals surface area contributed by atoms with Crippen LogP contribution >= 0.6 is 0 Å². The third-order valence-corrected chi connectivity index (χ3v) is 3.43.